The Bertz CT molecular complexity index is 1420. The fourth-order valence-electron chi connectivity index (χ4n) is 4.48. The molecule has 2 heterocycles. The van der Waals surface area contributed by atoms with Gasteiger partial charge in [-0.15, -0.1) is 0 Å². The summed E-state index contributed by atoms with van der Waals surface area (Å²) in [5, 5.41) is 2.51. The third-order valence-electron chi connectivity index (χ3n) is 6.52. The first-order valence-electron chi connectivity index (χ1n) is 12.0. The Morgan fingerprint density at radius 2 is 1.69 bits per heavy atom. The second-order valence-corrected chi connectivity index (χ2v) is 11.2. The molecule has 0 radical (unpaired) electrons. The lowest BCUT2D eigenvalue weighted by Crippen LogP contribution is -2.37. The molecule has 2 N–H and O–H groups in total. The molecular formula is C28H29N3O4S. The minimum absolute atomic E-state index is 0.0303. The van der Waals surface area contributed by atoms with Crippen molar-refractivity contribution in [3.8, 4) is 0 Å². The van der Waals surface area contributed by atoms with Crippen molar-refractivity contribution in [3.05, 3.63) is 90.1 Å². The maximum Gasteiger partial charge on any atom is 0.243 e. The molecule has 36 heavy (non-hydrogen) atoms. The van der Waals surface area contributed by atoms with E-state index in [2.05, 4.69) is 15.2 Å². The molecule has 0 unspecified atom stereocenters. The number of amides is 1. The molecule has 5 rings (SSSR count). The van der Waals surface area contributed by atoms with Crippen molar-refractivity contribution in [3.63, 3.8) is 0 Å². The van der Waals surface area contributed by atoms with Gasteiger partial charge in [0.1, 0.15) is 5.25 Å². The number of carbonyl (C=O) groups is 1. The molecule has 0 aliphatic carbocycles. The number of anilines is 2. The highest BCUT2D eigenvalue weighted by molar-refractivity contribution is 7.92. The van der Waals surface area contributed by atoms with Crippen molar-refractivity contribution in [2.75, 3.05) is 36.5 Å². The Hall–Kier alpha value is -3.62. The van der Waals surface area contributed by atoms with Gasteiger partial charge in [-0.3, -0.25) is 4.79 Å². The highest BCUT2D eigenvalue weighted by Gasteiger charge is 2.35. The summed E-state index contributed by atoms with van der Waals surface area (Å²) in [6.45, 7) is 4.89. The Morgan fingerprint density at radius 3 is 2.39 bits per heavy atom. The normalized spacial score (nSPS) is 15.1. The van der Waals surface area contributed by atoms with E-state index < -0.39 is 21.0 Å². The van der Waals surface area contributed by atoms with Crippen LogP contribution >= 0.6 is 0 Å². The van der Waals surface area contributed by atoms with Gasteiger partial charge in [0.15, 0.2) is 9.84 Å². The van der Waals surface area contributed by atoms with E-state index in [9.17, 15) is 13.2 Å². The number of hydrogen-bond donors (Lipinski definition) is 2. The zero-order valence-corrected chi connectivity index (χ0v) is 20.9. The highest BCUT2D eigenvalue weighted by Crippen LogP contribution is 2.25. The summed E-state index contributed by atoms with van der Waals surface area (Å²) in [5.74, 6) is -0.562. The number of morpholine rings is 1. The molecule has 0 spiro atoms. The van der Waals surface area contributed by atoms with Crippen LogP contribution in [-0.2, 0) is 25.8 Å². The first-order chi connectivity index (χ1) is 17.4. The lowest BCUT2D eigenvalue weighted by molar-refractivity contribution is -0.115. The van der Waals surface area contributed by atoms with Gasteiger partial charge in [-0.2, -0.15) is 0 Å². The second kappa shape index (κ2) is 10.2. The predicted octanol–water partition coefficient (Wildman–Crippen LogP) is 4.34. The van der Waals surface area contributed by atoms with Gasteiger partial charge in [-0.05, 0) is 60.8 Å². The molecule has 4 aromatic rings. The highest BCUT2D eigenvalue weighted by atomic mass is 32.2. The Labute approximate surface area is 211 Å². The SMILES string of the molecule is Cc1ccc(S(=O)(=O)[C@@H](Cc2cc3ccccc3[nH]2)C(=O)Nc2ccc(N3CCOCC3)cc2)cc1. The number of fused-ring (bicyclic) bond motifs is 1. The smallest absolute Gasteiger partial charge is 0.243 e. The summed E-state index contributed by atoms with van der Waals surface area (Å²) in [6, 6.07) is 23.7. The van der Waals surface area contributed by atoms with Crippen LogP contribution in [0.5, 0.6) is 0 Å². The van der Waals surface area contributed by atoms with Crippen molar-refractivity contribution < 1.29 is 17.9 Å². The molecule has 1 fully saturated rings. The second-order valence-electron chi connectivity index (χ2n) is 9.07. The van der Waals surface area contributed by atoms with Crippen LogP contribution < -0.4 is 10.2 Å². The number of nitrogens with zero attached hydrogens (tertiary/aromatic N) is 1. The van der Waals surface area contributed by atoms with Gasteiger partial charge in [0.25, 0.3) is 0 Å². The maximum atomic E-state index is 13.7. The number of hydrogen-bond acceptors (Lipinski definition) is 5. The molecule has 3 aromatic carbocycles. The molecular weight excluding hydrogens is 474 g/mol. The summed E-state index contributed by atoms with van der Waals surface area (Å²) in [4.78, 5) is 19.1. The van der Waals surface area contributed by atoms with E-state index in [1.54, 1.807) is 36.4 Å². The van der Waals surface area contributed by atoms with Crippen molar-refractivity contribution in [1.29, 1.82) is 0 Å². The van der Waals surface area contributed by atoms with Gasteiger partial charge in [0.05, 0.1) is 18.1 Å². The zero-order chi connectivity index (χ0) is 25.1. The Balaban J connectivity index is 1.42. The first kappa shape index (κ1) is 24.1. The molecule has 186 valence electrons. The fourth-order valence-corrected chi connectivity index (χ4v) is 6.06. The van der Waals surface area contributed by atoms with Gasteiger partial charge < -0.3 is 19.9 Å². The summed E-state index contributed by atoms with van der Waals surface area (Å²) in [6.07, 6.45) is 0.0303. The molecule has 8 heteroatoms. The molecule has 1 aromatic heterocycles. The zero-order valence-electron chi connectivity index (χ0n) is 20.1. The van der Waals surface area contributed by atoms with E-state index in [4.69, 9.17) is 4.74 Å². The van der Waals surface area contributed by atoms with Gasteiger partial charge in [0.2, 0.25) is 5.91 Å². The number of para-hydroxylation sites is 1. The van der Waals surface area contributed by atoms with Crippen LogP contribution in [0.4, 0.5) is 11.4 Å². The van der Waals surface area contributed by atoms with E-state index in [-0.39, 0.29) is 11.3 Å². The van der Waals surface area contributed by atoms with Crippen LogP contribution in [-0.4, -0.2) is 50.9 Å². The number of nitrogens with one attached hydrogen (secondary N) is 2. The van der Waals surface area contributed by atoms with Crippen molar-refractivity contribution >= 4 is 38.0 Å². The fraction of sp³-hybridized carbons (Fsp3) is 0.250. The topological polar surface area (TPSA) is 91.5 Å². The van der Waals surface area contributed by atoms with Crippen LogP contribution in [0, 0.1) is 6.92 Å². The quantitative estimate of drug-likeness (QED) is 0.392. The van der Waals surface area contributed by atoms with Gasteiger partial charge >= 0.3 is 0 Å². The standard InChI is InChI=1S/C28H29N3O4S/c1-20-6-12-25(13-7-20)36(33,34)27(19-23-18-21-4-2-3-5-26(21)29-23)28(32)30-22-8-10-24(11-9-22)31-14-16-35-17-15-31/h2-13,18,27,29H,14-17,19H2,1H3,(H,30,32)/t27-/m0/s1. The van der Waals surface area contributed by atoms with Gasteiger partial charge in [-0.1, -0.05) is 35.9 Å². The predicted molar refractivity (Wildman–Crippen MR) is 142 cm³/mol. The lowest BCUT2D eigenvalue weighted by atomic mass is 10.2. The number of sulfone groups is 1. The number of aromatic nitrogens is 1. The third-order valence-corrected chi connectivity index (χ3v) is 8.58. The molecule has 1 aliphatic rings. The average Bonchev–Trinajstić information content (AvgIpc) is 3.31. The maximum absolute atomic E-state index is 13.7. The molecule has 0 saturated carbocycles. The minimum atomic E-state index is -3.95. The number of benzene rings is 3. The van der Waals surface area contributed by atoms with E-state index in [0.29, 0.717) is 24.6 Å². The largest absolute Gasteiger partial charge is 0.378 e. The number of aryl methyl sites for hydroxylation is 1. The summed E-state index contributed by atoms with van der Waals surface area (Å²) in [5.41, 5.74) is 4.13. The van der Waals surface area contributed by atoms with Crippen LogP contribution in [0.1, 0.15) is 11.3 Å². The first-order valence-corrected chi connectivity index (χ1v) is 13.6. The molecule has 7 nitrogen and oxygen atoms in total. The number of aromatic amines is 1. The average molecular weight is 504 g/mol. The number of rotatable bonds is 7. The van der Waals surface area contributed by atoms with Crippen molar-refractivity contribution in [1.82, 2.24) is 4.98 Å². The summed E-state index contributed by atoms with van der Waals surface area (Å²) >= 11 is 0. The van der Waals surface area contributed by atoms with Crippen LogP contribution in [0.2, 0.25) is 0 Å². The van der Waals surface area contributed by atoms with Crippen LogP contribution in [0.3, 0.4) is 0 Å². The summed E-state index contributed by atoms with van der Waals surface area (Å²) < 4.78 is 32.7. The molecule has 0 bridgehead atoms. The van der Waals surface area contributed by atoms with Crippen LogP contribution in [0.15, 0.2) is 83.8 Å². The molecule has 1 amide bonds. The van der Waals surface area contributed by atoms with E-state index >= 15 is 0 Å². The third kappa shape index (κ3) is 5.15. The monoisotopic (exact) mass is 503 g/mol. The summed E-state index contributed by atoms with van der Waals surface area (Å²) in [7, 11) is -3.95. The molecule has 1 saturated heterocycles. The van der Waals surface area contributed by atoms with Crippen molar-refractivity contribution in [2.24, 2.45) is 0 Å². The Morgan fingerprint density at radius 1 is 1.00 bits per heavy atom. The number of H-pyrrole nitrogens is 1. The van der Waals surface area contributed by atoms with E-state index in [0.717, 1.165) is 35.2 Å². The molecule has 1 aliphatic heterocycles. The van der Waals surface area contributed by atoms with Crippen molar-refractivity contribution in [2.45, 2.75) is 23.5 Å². The van der Waals surface area contributed by atoms with Crippen LogP contribution in [0.25, 0.3) is 10.9 Å². The lowest BCUT2D eigenvalue weighted by Gasteiger charge is -2.29. The van der Waals surface area contributed by atoms with Gasteiger partial charge in [-0.25, -0.2) is 8.42 Å². The van der Waals surface area contributed by atoms with E-state index in [1.165, 1.54) is 0 Å². The number of ether oxygens (including phenoxy) is 1. The van der Waals surface area contributed by atoms with Gasteiger partial charge in [0, 0.05) is 42.1 Å². The van der Waals surface area contributed by atoms with E-state index in [1.807, 2.05) is 49.4 Å². The Kier molecular flexibility index (Phi) is 6.80. The molecule has 1 atom stereocenters. The minimum Gasteiger partial charge on any atom is -0.378 e. The number of carbonyl (C=O) groups excluding carboxylic acids is 1.